The second kappa shape index (κ2) is 8.78. The van der Waals surface area contributed by atoms with E-state index in [1.807, 2.05) is 31.2 Å². The lowest BCUT2D eigenvalue weighted by atomic mass is 9.98. The van der Waals surface area contributed by atoms with E-state index >= 15 is 0 Å². The number of carbonyl (C=O) groups is 2. The molecule has 0 bridgehead atoms. The predicted molar refractivity (Wildman–Crippen MR) is 114 cm³/mol. The van der Waals surface area contributed by atoms with Crippen molar-refractivity contribution >= 4 is 11.8 Å². The summed E-state index contributed by atoms with van der Waals surface area (Å²) in [7, 11) is 3.07. The molecule has 0 radical (unpaired) electrons. The Balaban J connectivity index is 2.08. The number of aryl methyl sites for hydroxylation is 1. The standard InChI is InChI=1S/C24H28O6/c1-6-13-29-23(26)24(2,3)30-21-18(10-12-20(27-4)22(21)28-5)16-7-9-17-15(14-16)8-11-19(17)25/h7,9-10,12,14H,6,8,11,13H2,1-5H3. The lowest BCUT2D eigenvalue weighted by Crippen LogP contribution is -2.40. The van der Waals surface area contributed by atoms with Crippen LogP contribution in [0.25, 0.3) is 11.1 Å². The number of Topliss-reactive ketones (excluding diaryl/α,β-unsaturated/α-hetero) is 1. The van der Waals surface area contributed by atoms with Crippen molar-refractivity contribution in [2.75, 3.05) is 20.8 Å². The Labute approximate surface area is 177 Å². The fourth-order valence-electron chi connectivity index (χ4n) is 3.52. The topological polar surface area (TPSA) is 71.1 Å². The number of methoxy groups -OCH3 is 2. The Morgan fingerprint density at radius 1 is 1.00 bits per heavy atom. The molecule has 2 aromatic carbocycles. The van der Waals surface area contributed by atoms with Crippen LogP contribution in [0.4, 0.5) is 0 Å². The number of benzene rings is 2. The zero-order valence-corrected chi connectivity index (χ0v) is 18.2. The quantitative estimate of drug-likeness (QED) is 0.590. The van der Waals surface area contributed by atoms with Crippen molar-refractivity contribution in [3.63, 3.8) is 0 Å². The molecule has 0 spiro atoms. The van der Waals surface area contributed by atoms with Gasteiger partial charge >= 0.3 is 5.97 Å². The number of fused-ring (bicyclic) bond motifs is 1. The number of rotatable bonds is 8. The Bertz CT molecular complexity index is 960. The molecule has 6 nitrogen and oxygen atoms in total. The molecule has 1 aliphatic rings. The first-order chi connectivity index (χ1) is 14.3. The molecule has 1 aliphatic carbocycles. The normalized spacial score (nSPS) is 13.0. The third-order valence-corrected chi connectivity index (χ3v) is 5.12. The third kappa shape index (κ3) is 4.13. The molecule has 0 aromatic heterocycles. The SMILES string of the molecule is CCCOC(=O)C(C)(C)Oc1c(-c2ccc3c(c2)CCC3=O)ccc(OC)c1OC. The molecule has 6 heteroatoms. The van der Waals surface area contributed by atoms with E-state index in [-0.39, 0.29) is 5.78 Å². The van der Waals surface area contributed by atoms with Crippen molar-refractivity contribution in [2.45, 2.75) is 45.6 Å². The first kappa shape index (κ1) is 21.7. The number of hydrogen-bond acceptors (Lipinski definition) is 6. The molecular weight excluding hydrogens is 384 g/mol. The summed E-state index contributed by atoms with van der Waals surface area (Å²) in [6.45, 7) is 5.58. The molecular formula is C24H28O6. The predicted octanol–water partition coefficient (Wildman–Crippen LogP) is 4.61. The van der Waals surface area contributed by atoms with E-state index in [0.29, 0.717) is 30.3 Å². The summed E-state index contributed by atoms with van der Waals surface area (Å²) in [5.41, 5.74) is 2.16. The van der Waals surface area contributed by atoms with Gasteiger partial charge in [0.15, 0.2) is 22.9 Å². The van der Waals surface area contributed by atoms with Gasteiger partial charge in [0.2, 0.25) is 5.75 Å². The van der Waals surface area contributed by atoms with Crippen LogP contribution in [0.2, 0.25) is 0 Å². The van der Waals surface area contributed by atoms with Crippen molar-refractivity contribution in [2.24, 2.45) is 0 Å². The molecule has 3 rings (SSSR count). The van der Waals surface area contributed by atoms with E-state index < -0.39 is 11.6 Å². The minimum atomic E-state index is -1.24. The van der Waals surface area contributed by atoms with Crippen LogP contribution in [-0.4, -0.2) is 38.2 Å². The number of esters is 1. The van der Waals surface area contributed by atoms with Gasteiger partial charge < -0.3 is 18.9 Å². The summed E-state index contributed by atoms with van der Waals surface area (Å²) in [6.07, 6.45) is 1.98. The first-order valence-corrected chi connectivity index (χ1v) is 10.1. The van der Waals surface area contributed by atoms with Gasteiger partial charge in [0, 0.05) is 17.5 Å². The van der Waals surface area contributed by atoms with E-state index in [2.05, 4.69) is 0 Å². The Kier molecular flexibility index (Phi) is 6.34. The highest BCUT2D eigenvalue weighted by Crippen LogP contribution is 2.46. The van der Waals surface area contributed by atoms with E-state index in [9.17, 15) is 9.59 Å². The smallest absolute Gasteiger partial charge is 0.349 e. The zero-order chi connectivity index (χ0) is 21.9. The van der Waals surface area contributed by atoms with Crippen LogP contribution in [0.3, 0.4) is 0 Å². The van der Waals surface area contributed by atoms with Crippen LogP contribution in [-0.2, 0) is 16.0 Å². The molecule has 0 fully saturated rings. The van der Waals surface area contributed by atoms with Gasteiger partial charge in [-0.1, -0.05) is 25.1 Å². The summed E-state index contributed by atoms with van der Waals surface area (Å²) in [4.78, 5) is 24.6. The van der Waals surface area contributed by atoms with Crippen LogP contribution in [0.1, 0.15) is 49.5 Å². The lowest BCUT2D eigenvalue weighted by Gasteiger charge is -2.27. The van der Waals surface area contributed by atoms with Gasteiger partial charge in [-0.2, -0.15) is 0 Å². The molecule has 0 N–H and O–H groups in total. The average Bonchev–Trinajstić information content (AvgIpc) is 3.11. The summed E-state index contributed by atoms with van der Waals surface area (Å²) < 4.78 is 22.5. The molecule has 30 heavy (non-hydrogen) atoms. The van der Waals surface area contributed by atoms with Crippen molar-refractivity contribution in [1.29, 1.82) is 0 Å². The van der Waals surface area contributed by atoms with Crippen LogP contribution in [0.15, 0.2) is 30.3 Å². The maximum atomic E-state index is 12.6. The Morgan fingerprint density at radius 2 is 1.73 bits per heavy atom. The van der Waals surface area contributed by atoms with Gasteiger partial charge in [0.25, 0.3) is 0 Å². The summed E-state index contributed by atoms with van der Waals surface area (Å²) in [6, 6.07) is 9.39. The molecule has 0 atom stereocenters. The maximum absolute atomic E-state index is 12.6. The molecule has 0 unspecified atom stereocenters. The molecule has 0 aliphatic heterocycles. The number of carbonyl (C=O) groups excluding carboxylic acids is 2. The molecule has 0 saturated carbocycles. The third-order valence-electron chi connectivity index (χ3n) is 5.12. The lowest BCUT2D eigenvalue weighted by molar-refractivity contribution is -0.159. The minimum Gasteiger partial charge on any atom is -0.493 e. The number of ketones is 1. The Hall–Kier alpha value is -3.02. The molecule has 0 heterocycles. The monoisotopic (exact) mass is 412 g/mol. The van der Waals surface area contributed by atoms with Gasteiger partial charge in [-0.25, -0.2) is 4.79 Å². The van der Waals surface area contributed by atoms with Crippen LogP contribution in [0.5, 0.6) is 17.2 Å². The van der Waals surface area contributed by atoms with Crippen LogP contribution in [0, 0.1) is 0 Å². The van der Waals surface area contributed by atoms with E-state index in [1.165, 1.54) is 7.11 Å². The van der Waals surface area contributed by atoms with E-state index in [4.69, 9.17) is 18.9 Å². The number of hydrogen-bond donors (Lipinski definition) is 0. The zero-order valence-electron chi connectivity index (χ0n) is 18.2. The second-order valence-corrected chi connectivity index (χ2v) is 7.72. The number of ether oxygens (including phenoxy) is 4. The van der Waals surface area contributed by atoms with E-state index in [0.717, 1.165) is 35.1 Å². The Morgan fingerprint density at radius 3 is 2.40 bits per heavy atom. The van der Waals surface area contributed by atoms with E-state index in [1.54, 1.807) is 27.0 Å². The largest absolute Gasteiger partial charge is 0.493 e. The minimum absolute atomic E-state index is 0.167. The van der Waals surface area contributed by atoms with Gasteiger partial charge in [-0.15, -0.1) is 0 Å². The molecule has 2 aromatic rings. The summed E-state index contributed by atoms with van der Waals surface area (Å²) in [5, 5.41) is 0. The van der Waals surface area contributed by atoms with Crippen molar-refractivity contribution in [1.82, 2.24) is 0 Å². The molecule has 0 saturated heterocycles. The maximum Gasteiger partial charge on any atom is 0.349 e. The van der Waals surface area contributed by atoms with Gasteiger partial charge in [-0.3, -0.25) is 4.79 Å². The highest BCUT2D eigenvalue weighted by atomic mass is 16.6. The van der Waals surface area contributed by atoms with Crippen molar-refractivity contribution in [3.8, 4) is 28.4 Å². The van der Waals surface area contributed by atoms with Gasteiger partial charge in [0.1, 0.15) is 0 Å². The summed E-state index contributed by atoms with van der Waals surface area (Å²) in [5.74, 6) is 0.979. The van der Waals surface area contributed by atoms with Crippen molar-refractivity contribution < 1.29 is 28.5 Å². The molecule has 0 amide bonds. The van der Waals surface area contributed by atoms with Crippen LogP contribution >= 0.6 is 0 Å². The fraction of sp³-hybridized carbons (Fsp3) is 0.417. The highest BCUT2D eigenvalue weighted by molar-refractivity contribution is 6.01. The van der Waals surface area contributed by atoms with Crippen LogP contribution < -0.4 is 14.2 Å². The molecule has 160 valence electrons. The van der Waals surface area contributed by atoms with Crippen molar-refractivity contribution in [3.05, 3.63) is 41.5 Å². The van der Waals surface area contributed by atoms with Gasteiger partial charge in [0.05, 0.1) is 20.8 Å². The average molecular weight is 412 g/mol. The summed E-state index contributed by atoms with van der Waals surface area (Å²) >= 11 is 0. The fourth-order valence-corrected chi connectivity index (χ4v) is 3.52. The highest BCUT2D eigenvalue weighted by Gasteiger charge is 2.35. The second-order valence-electron chi connectivity index (χ2n) is 7.72. The first-order valence-electron chi connectivity index (χ1n) is 10.1. The van der Waals surface area contributed by atoms with Gasteiger partial charge in [-0.05, 0) is 49.9 Å².